The van der Waals surface area contributed by atoms with Crippen LogP contribution in [0.15, 0.2) is 34.4 Å². The second-order valence-electron chi connectivity index (χ2n) is 2.21. The Bertz CT molecular complexity index is 204. The molecule has 0 aromatic heterocycles. The molecule has 3 heteroatoms. The molecule has 0 aliphatic rings. The fraction of sp³-hybridized carbons (Fsp3) is 0.333. The Morgan fingerprint density at radius 1 is 1.58 bits per heavy atom. The molecule has 12 heavy (non-hydrogen) atoms. The average molecular weight is 165 g/mol. The highest BCUT2D eigenvalue weighted by Crippen LogP contribution is 1.97. The summed E-state index contributed by atoms with van der Waals surface area (Å²) >= 11 is 0. The van der Waals surface area contributed by atoms with E-state index in [9.17, 15) is 0 Å². The molecule has 1 N–H and O–H groups in total. The molecular weight excluding hydrogens is 150 g/mol. The fourth-order valence-corrected chi connectivity index (χ4v) is 0.701. The predicted molar refractivity (Wildman–Crippen MR) is 54.8 cm³/mol. The van der Waals surface area contributed by atoms with Gasteiger partial charge in [-0.1, -0.05) is 12.7 Å². The summed E-state index contributed by atoms with van der Waals surface area (Å²) in [4.78, 5) is 7.68. The summed E-state index contributed by atoms with van der Waals surface area (Å²) in [6.45, 7) is 9.16. The SMILES string of the molecule is C=NC(N/C=C\C)C(=C)/C=N\C. The van der Waals surface area contributed by atoms with E-state index >= 15 is 0 Å². The summed E-state index contributed by atoms with van der Waals surface area (Å²) < 4.78 is 0. The van der Waals surface area contributed by atoms with Crippen molar-refractivity contribution in [2.24, 2.45) is 9.98 Å². The van der Waals surface area contributed by atoms with Crippen LogP contribution in [0, 0.1) is 0 Å². The van der Waals surface area contributed by atoms with Crippen LogP contribution in [-0.4, -0.2) is 26.1 Å². The molecule has 0 aromatic rings. The molecule has 0 aliphatic heterocycles. The van der Waals surface area contributed by atoms with Gasteiger partial charge in [-0.15, -0.1) is 0 Å². The van der Waals surface area contributed by atoms with Crippen molar-refractivity contribution in [1.29, 1.82) is 0 Å². The first kappa shape index (κ1) is 10.6. The van der Waals surface area contributed by atoms with Gasteiger partial charge in [-0.25, -0.2) is 0 Å². The lowest BCUT2D eigenvalue weighted by Crippen LogP contribution is -2.24. The molecule has 0 aromatic carbocycles. The lowest BCUT2D eigenvalue weighted by Gasteiger charge is -2.10. The highest BCUT2D eigenvalue weighted by Gasteiger charge is 2.03. The first-order valence-corrected chi connectivity index (χ1v) is 3.70. The number of hydrogen-bond acceptors (Lipinski definition) is 3. The summed E-state index contributed by atoms with van der Waals surface area (Å²) in [5.41, 5.74) is 0.797. The lowest BCUT2D eigenvalue weighted by molar-refractivity contribution is 0.728. The highest BCUT2D eigenvalue weighted by molar-refractivity contribution is 5.79. The van der Waals surface area contributed by atoms with Gasteiger partial charge in [-0.05, 0) is 19.8 Å². The Kier molecular flexibility index (Phi) is 5.61. The summed E-state index contributed by atoms with van der Waals surface area (Å²) in [5, 5.41) is 3.00. The zero-order valence-electron chi connectivity index (χ0n) is 7.62. The van der Waals surface area contributed by atoms with Crippen molar-refractivity contribution in [2.45, 2.75) is 13.1 Å². The number of nitrogens with zero attached hydrogens (tertiary/aromatic N) is 2. The summed E-state index contributed by atoms with van der Waals surface area (Å²) in [7, 11) is 1.70. The van der Waals surface area contributed by atoms with Crippen molar-refractivity contribution in [3.8, 4) is 0 Å². The van der Waals surface area contributed by atoms with Crippen LogP contribution in [0.25, 0.3) is 0 Å². The Morgan fingerprint density at radius 3 is 2.67 bits per heavy atom. The molecule has 0 rings (SSSR count). The fourth-order valence-electron chi connectivity index (χ4n) is 0.701. The zero-order chi connectivity index (χ0) is 9.40. The maximum atomic E-state index is 3.84. The van der Waals surface area contributed by atoms with E-state index in [0.29, 0.717) is 0 Å². The van der Waals surface area contributed by atoms with Gasteiger partial charge in [0.25, 0.3) is 0 Å². The quantitative estimate of drug-likeness (QED) is 0.614. The standard InChI is InChI=1S/C9H15N3/c1-5-6-12-9(11-4)8(2)7-10-3/h5-7,9,12H,2,4H2,1,3H3/b6-5-,10-7-. The minimum atomic E-state index is -0.176. The van der Waals surface area contributed by atoms with Crippen LogP contribution in [0.5, 0.6) is 0 Å². The number of allylic oxidation sites excluding steroid dienone is 1. The van der Waals surface area contributed by atoms with E-state index in [-0.39, 0.29) is 6.17 Å². The maximum absolute atomic E-state index is 3.84. The number of aliphatic imine (C=N–C) groups is 2. The van der Waals surface area contributed by atoms with Crippen LogP contribution < -0.4 is 5.32 Å². The zero-order valence-corrected chi connectivity index (χ0v) is 7.62. The molecule has 0 saturated carbocycles. The van der Waals surface area contributed by atoms with Gasteiger partial charge in [-0.3, -0.25) is 9.98 Å². The second kappa shape index (κ2) is 6.34. The molecule has 0 radical (unpaired) electrons. The molecule has 0 spiro atoms. The van der Waals surface area contributed by atoms with E-state index < -0.39 is 0 Å². The predicted octanol–water partition coefficient (Wildman–Crippen LogP) is 1.39. The van der Waals surface area contributed by atoms with Gasteiger partial charge in [0, 0.05) is 18.8 Å². The van der Waals surface area contributed by atoms with Gasteiger partial charge in [-0.2, -0.15) is 0 Å². The third kappa shape index (κ3) is 3.71. The third-order valence-electron chi connectivity index (χ3n) is 1.25. The number of hydrogen-bond donors (Lipinski definition) is 1. The Hall–Kier alpha value is -1.38. The van der Waals surface area contributed by atoms with E-state index in [1.54, 1.807) is 19.5 Å². The lowest BCUT2D eigenvalue weighted by atomic mass is 10.2. The molecule has 3 nitrogen and oxygen atoms in total. The van der Waals surface area contributed by atoms with Crippen molar-refractivity contribution < 1.29 is 0 Å². The van der Waals surface area contributed by atoms with E-state index in [1.165, 1.54) is 0 Å². The Labute approximate surface area is 73.6 Å². The van der Waals surface area contributed by atoms with Crippen LogP contribution in [-0.2, 0) is 0 Å². The van der Waals surface area contributed by atoms with Gasteiger partial charge < -0.3 is 5.32 Å². The third-order valence-corrected chi connectivity index (χ3v) is 1.25. The Morgan fingerprint density at radius 2 is 2.25 bits per heavy atom. The number of rotatable bonds is 5. The largest absolute Gasteiger partial charge is 0.366 e. The summed E-state index contributed by atoms with van der Waals surface area (Å²) in [6, 6.07) is 0. The molecule has 0 saturated heterocycles. The van der Waals surface area contributed by atoms with Gasteiger partial charge in [0.1, 0.15) is 6.17 Å². The van der Waals surface area contributed by atoms with Gasteiger partial charge in [0.15, 0.2) is 0 Å². The first-order chi connectivity index (χ1) is 5.76. The molecule has 0 bridgehead atoms. The van der Waals surface area contributed by atoms with E-state index in [0.717, 1.165) is 5.57 Å². The molecule has 0 amide bonds. The second-order valence-corrected chi connectivity index (χ2v) is 2.21. The van der Waals surface area contributed by atoms with Crippen molar-refractivity contribution in [2.75, 3.05) is 7.05 Å². The van der Waals surface area contributed by atoms with E-state index in [1.807, 2.05) is 13.0 Å². The monoisotopic (exact) mass is 165 g/mol. The minimum absolute atomic E-state index is 0.176. The van der Waals surface area contributed by atoms with E-state index in [2.05, 4.69) is 28.6 Å². The molecule has 0 heterocycles. The highest BCUT2D eigenvalue weighted by atomic mass is 15.0. The average Bonchev–Trinajstić information content (AvgIpc) is 2.06. The van der Waals surface area contributed by atoms with Gasteiger partial charge in [0.05, 0.1) is 0 Å². The van der Waals surface area contributed by atoms with Crippen LogP contribution in [0.4, 0.5) is 0 Å². The topological polar surface area (TPSA) is 36.8 Å². The first-order valence-electron chi connectivity index (χ1n) is 3.70. The molecule has 1 unspecified atom stereocenters. The summed E-state index contributed by atoms with van der Waals surface area (Å²) in [6.07, 6.45) is 5.17. The van der Waals surface area contributed by atoms with Crippen molar-refractivity contribution in [3.05, 3.63) is 24.4 Å². The van der Waals surface area contributed by atoms with Crippen molar-refractivity contribution in [3.63, 3.8) is 0 Å². The molecular formula is C9H15N3. The van der Waals surface area contributed by atoms with Crippen molar-refractivity contribution in [1.82, 2.24) is 5.32 Å². The van der Waals surface area contributed by atoms with Gasteiger partial charge in [0.2, 0.25) is 0 Å². The van der Waals surface area contributed by atoms with Crippen LogP contribution in [0.3, 0.4) is 0 Å². The minimum Gasteiger partial charge on any atom is -0.366 e. The molecule has 0 fully saturated rings. The normalized spacial score (nSPS) is 13.5. The van der Waals surface area contributed by atoms with Crippen molar-refractivity contribution >= 4 is 12.9 Å². The van der Waals surface area contributed by atoms with Crippen LogP contribution in [0.1, 0.15) is 6.92 Å². The number of nitrogens with one attached hydrogen (secondary N) is 1. The Balaban J connectivity index is 4.14. The molecule has 1 atom stereocenters. The van der Waals surface area contributed by atoms with Gasteiger partial charge >= 0.3 is 0 Å². The maximum Gasteiger partial charge on any atom is 0.144 e. The summed E-state index contributed by atoms with van der Waals surface area (Å²) in [5.74, 6) is 0. The van der Waals surface area contributed by atoms with E-state index in [4.69, 9.17) is 0 Å². The molecule has 0 aliphatic carbocycles. The van der Waals surface area contributed by atoms with Crippen LogP contribution >= 0.6 is 0 Å². The van der Waals surface area contributed by atoms with Crippen LogP contribution in [0.2, 0.25) is 0 Å². The molecule has 66 valence electrons. The smallest absolute Gasteiger partial charge is 0.144 e.